The van der Waals surface area contributed by atoms with E-state index in [9.17, 15) is 4.79 Å². The Kier molecular flexibility index (Phi) is 6.70. The lowest BCUT2D eigenvalue weighted by atomic mass is 10.1. The molecule has 0 spiro atoms. The second kappa shape index (κ2) is 9.21. The first-order valence-electron chi connectivity index (χ1n) is 8.98. The zero-order valence-electron chi connectivity index (χ0n) is 16.4. The molecule has 2 aromatic carbocycles. The van der Waals surface area contributed by atoms with E-state index in [0.29, 0.717) is 5.13 Å². The summed E-state index contributed by atoms with van der Waals surface area (Å²) in [7, 11) is 0. The molecule has 0 saturated carbocycles. The van der Waals surface area contributed by atoms with Crippen molar-refractivity contribution >= 4 is 34.1 Å². The molecular weight excluding hydrogens is 390 g/mol. The number of carbonyl (C=O) groups excluding carboxylic acids is 1. The topological polar surface area (TPSA) is 64.1 Å². The van der Waals surface area contributed by atoms with Crippen molar-refractivity contribution in [3.8, 4) is 5.75 Å². The molecule has 28 heavy (non-hydrogen) atoms. The predicted molar refractivity (Wildman–Crippen MR) is 115 cm³/mol. The van der Waals surface area contributed by atoms with Gasteiger partial charge in [0.25, 0.3) is 5.91 Å². The quantitative estimate of drug-likeness (QED) is 0.428. The summed E-state index contributed by atoms with van der Waals surface area (Å²) in [6.45, 7) is 7.78. The van der Waals surface area contributed by atoms with Crippen LogP contribution < -0.4 is 10.1 Å². The van der Waals surface area contributed by atoms with Crippen LogP contribution in [0.3, 0.4) is 0 Å². The van der Waals surface area contributed by atoms with Crippen molar-refractivity contribution in [3.63, 3.8) is 0 Å². The van der Waals surface area contributed by atoms with Crippen LogP contribution in [0.2, 0.25) is 0 Å². The Bertz CT molecular complexity index is 958. The molecule has 0 fully saturated rings. The third kappa shape index (κ3) is 5.33. The highest BCUT2D eigenvalue weighted by Crippen LogP contribution is 2.29. The van der Waals surface area contributed by atoms with Crippen LogP contribution >= 0.6 is 23.1 Å². The Hall–Kier alpha value is -2.38. The molecule has 0 radical (unpaired) electrons. The second-order valence-corrected chi connectivity index (χ2v) is 8.80. The first-order valence-corrected chi connectivity index (χ1v) is 10.8. The highest BCUT2D eigenvalue weighted by molar-refractivity contribution is 8.00. The number of nitrogens with one attached hydrogen (secondary N) is 1. The fourth-order valence-electron chi connectivity index (χ4n) is 2.61. The van der Waals surface area contributed by atoms with E-state index in [1.54, 1.807) is 18.7 Å². The Morgan fingerprint density at radius 3 is 2.68 bits per heavy atom. The summed E-state index contributed by atoms with van der Waals surface area (Å²) in [6.07, 6.45) is -0.635. The first-order chi connectivity index (χ1) is 13.4. The third-order valence-corrected chi connectivity index (χ3v) is 6.32. The van der Waals surface area contributed by atoms with Gasteiger partial charge in [-0.3, -0.25) is 10.1 Å². The van der Waals surface area contributed by atoms with E-state index in [1.807, 2.05) is 45.0 Å². The molecule has 0 aliphatic carbocycles. The van der Waals surface area contributed by atoms with Crippen molar-refractivity contribution in [1.82, 2.24) is 10.2 Å². The largest absolute Gasteiger partial charge is 0.481 e. The Morgan fingerprint density at radius 2 is 1.93 bits per heavy atom. The molecule has 146 valence electrons. The summed E-state index contributed by atoms with van der Waals surface area (Å²) in [6, 6.07) is 14.2. The molecule has 1 heterocycles. The van der Waals surface area contributed by atoms with Gasteiger partial charge < -0.3 is 4.74 Å². The molecule has 1 N–H and O–H groups in total. The van der Waals surface area contributed by atoms with Gasteiger partial charge in [0.15, 0.2) is 10.4 Å². The van der Waals surface area contributed by atoms with Crippen molar-refractivity contribution in [2.24, 2.45) is 0 Å². The van der Waals surface area contributed by atoms with Gasteiger partial charge in [0.05, 0.1) is 0 Å². The van der Waals surface area contributed by atoms with Gasteiger partial charge in [0, 0.05) is 5.75 Å². The molecule has 0 unspecified atom stereocenters. The number of anilines is 1. The minimum Gasteiger partial charge on any atom is -0.481 e. The molecule has 0 aliphatic heterocycles. The zero-order valence-corrected chi connectivity index (χ0v) is 18.0. The minimum atomic E-state index is -0.635. The molecule has 3 aromatic rings. The highest BCUT2D eigenvalue weighted by Gasteiger charge is 2.18. The van der Waals surface area contributed by atoms with E-state index in [1.165, 1.54) is 16.9 Å². The highest BCUT2D eigenvalue weighted by atomic mass is 32.2. The van der Waals surface area contributed by atoms with Crippen LogP contribution in [0.4, 0.5) is 5.13 Å². The van der Waals surface area contributed by atoms with Gasteiger partial charge in [-0.2, -0.15) is 0 Å². The number of hydrogen-bond donors (Lipinski definition) is 1. The van der Waals surface area contributed by atoms with Crippen LogP contribution in [0, 0.1) is 20.8 Å². The molecule has 1 amide bonds. The Labute approximate surface area is 173 Å². The lowest BCUT2D eigenvalue weighted by Crippen LogP contribution is -2.30. The maximum absolute atomic E-state index is 12.5. The summed E-state index contributed by atoms with van der Waals surface area (Å²) in [5, 5.41) is 11.5. The number of amides is 1. The average Bonchev–Trinajstić information content (AvgIpc) is 3.12. The van der Waals surface area contributed by atoms with Gasteiger partial charge in [-0.05, 0) is 56.0 Å². The van der Waals surface area contributed by atoms with Crippen LogP contribution in [0.1, 0.15) is 29.2 Å². The van der Waals surface area contributed by atoms with Crippen molar-refractivity contribution in [2.75, 3.05) is 5.32 Å². The molecule has 1 atom stereocenters. The van der Waals surface area contributed by atoms with E-state index in [0.717, 1.165) is 32.5 Å². The van der Waals surface area contributed by atoms with E-state index in [4.69, 9.17) is 4.74 Å². The van der Waals surface area contributed by atoms with Gasteiger partial charge in [-0.15, -0.1) is 10.2 Å². The lowest BCUT2D eigenvalue weighted by Gasteiger charge is -2.17. The second-order valence-electron chi connectivity index (χ2n) is 6.60. The molecule has 0 bridgehead atoms. The Morgan fingerprint density at radius 1 is 1.18 bits per heavy atom. The number of rotatable bonds is 7. The summed E-state index contributed by atoms with van der Waals surface area (Å²) in [5.74, 6) is 1.31. The molecule has 0 saturated heterocycles. The number of ether oxygens (including phenoxy) is 1. The zero-order chi connectivity index (χ0) is 20.1. The molecule has 7 heteroatoms. The smallest absolute Gasteiger partial charge is 0.266 e. The predicted octanol–water partition coefficient (Wildman–Crippen LogP) is 5.16. The number of aromatic nitrogens is 2. The monoisotopic (exact) mass is 413 g/mol. The standard InChI is InChI=1S/C21H23N3O2S2/c1-13-10-14(2)15(3)18(11-13)26-16(4)19(25)22-20-23-24-21(28-20)27-12-17-8-6-5-7-9-17/h5-11,16H,12H2,1-4H3,(H,22,23,25)/t16-/m0/s1. The summed E-state index contributed by atoms with van der Waals surface area (Å²) in [4.78, 5) is 12.5. The number of benzene rings is 2. The fraction of sp³-hybridized carbons (Fsp3) is 0.286. The SMILES string of the molecule is Cc1cc(C)c(C)c(O[C@@H](C)C(=O)Nc2nnc(SCc3ccccc3)s2)c1. The van der Waals surface area contributed by atoms with Crippen molar-refractivity contribution in [3.05, 3.63) is 64.7 Å². The summed E-state index contributed by atoms with van der Waals surface area (Å²) < 4.78 is 6.71. The van der Waals surface area contributed by atoms with Gasteiger partial charge >= 0.3 is 0 Å². The van der Waals surface area contributed by atoms with Crippen LogP contribution in [0.25, 0.3) is 0 Å². The van der Waals surface area contributed by atoms with Crippen molar-refractivity contribution < 1.29 is 9.53 Å². The number of carbonyl (C=O) groups is 1. The number of aryl methyl sites for hydroxylation is 2. The number of thioether (sulfide) groups is 1. The molecule has 3 rings (SSSR count). The van der Waals surface area contributed by atoms with Gasteiger partial charge in [0.2, 0.25) is 5.13 Å². The van der Waals surface area contributed by atoms with Gasteiger partial charge in [-0.1, -0.05) is 59.5 Å². The number of nitrogens with zero attached hydrogens (tertiary/aromatic N) is 2. The molecule has 0 aliphatic rings. The fourth-order valence-corrected chi connectivity index (χ4v) is 4.32. The summed E-state index contributed by atoms with van der Waals surface area (Å²) in [5.41, 5.74) is 4.52. The summed E-state index contributed by atoms with van der Waals surface area (Å²) >= 11 is 2.97. The maximum atomic E-state index is 12.5. The van der Waals surface area contributed by atoms with Gasteiger partial charge in [0.1, 0.15) is 5.75 Å². The lowest BCUT2D eigenvalue weighted by molar-refractivity contribution is -0.122. The normalized spacial score (nSPS) is 11.9. The van der Waals surface area contributed by atoms with E-state index in [-0.39, 0.29) is 5.91 Å². The van der Waals surface area contributed by atoms with Crippen LogP contribution in [-0.4, -0.2) is 22.2 Å². The number of hydrogen-bond acceptors (Lipinski definition) is 6. The van der Waals surface area contributed by atoms with Crippen LogP contribution in [0.15, 0.2) is 46.8 Å². The van der Waals surface area contributed by atoms with E-state index < -0.39 is 6.10 Å². The minimum absolute atomic E-state index is 0.241. The average molecular weight is 414 g/mol. The Balaban J connectivity index is 1.56. The molecular formula is C21H23N3O2S2. The van der Waals surface area contributed by atoms with E-state index in [2.05, 4.69) is 33.7 Å². The maximum Gasteiger partial charge on any atom is 0.266 e. The van der Waals surface area contributed by atoms with E-state index >= 15 is 0 Å². The third-order valence-electron chi connectivity index (χ3n) is 4.28. The van der Waals surface area contributed by atoms with Gasteiger partial charge in [-0.25, -0.2) is 0 Å². The molecule has 5 nitrogen and oxygen atoms in total. The van der Waals surface area contributed by atoms with Crippen LogP contribution in [0.5, 0.6) is 5.75 Å². The van der Waals surface area contributed by atoms with Crippen molar-refractivity contribution in [2.45, 2.75) is 43.9 Å². The van der Waals surface area contributed by atoms with Crippen molar-refractivity contribution in [1.29, 1.82) is 0 Å². The molecule has 1 aromatic heterocycles. The van der Waals surface area contributed by atoms with Crippen LogP contribution in [-0.2, 0) is 10.5 Å². The first kappa shape index (κ1) is 20.4.